The Morgan fingerprint density at radius 2 is 1.35 bits per heavy atom. The molecule has 0 aliphatic rings. The van der Waals surface area contributed by atoms with Gasteiger partial charge in [-0.25, -0.2) is 5.10 Å². The summed E-state index contributed by atoms with van der Waals surface area (Å²) in [6, 6.07) is 21.8. The zero-order chi connectivity index (χ0) is 13.8. The zero-order valence-corrected chi connectivity index (χ0v) is 10.9. The number of benzene rings is 2. The molecule has 0 radical (unpaired) electrons. The minimum absolute atomic E-state index is 0.0795. The Bertz CT molecular complexity index is 696. The number of hydrogen-bond donors (Lipinski definition) is 1. The van der Waals surface area contributed by atoms with Crippen LogP contribution in [0.15, 0.2) is 77.7 Å². The van der Waals surface area contributed by atoms with E-state index in [-0.39, 0.29) is 11.5 Å². The Kier molecular flexibility index (Phi) is 3.42. The lowest BCUT2D eigenvalue weighted by Crippen LogP contribution is -2.18. The number of nitrogens with one attached hydrogen (secondary N) is 1. The molecule has 1 heterocycles. The van der Waals surface area contributed by atoms with E-state index in [1.165, 1.54) is 0 Å². The van der Waals surface area contributed by atoms with E-state index >= 15 is 0 Å². The number of rotatable bonds is 3. The largest absolute Gasteiger partial charge is 0.268 e. The number of hydrogen-bond acceptors (Lipinski definition) is 2. The molecule has 3 aromatic rings. The molecule has 3 heteroatoms. The Hall–Kier alpha value is -2.68. The maximum absolute atomic E-state index is 12.1. The van der Waals surface area contributed by atoms with Crippen LogP contribution in [0.3, 0.4) is 0 Å². The molecular weight excluding hydrogens is 248 g/mol. The van der Waals surface area contributed by atoms with Crippen LogP contribution < -0.4 is 5.56 Å². The first kappa shape index (κ1) is 12.4. The SMILES string of the molecule is O=c1[nH]nccc1C(c1ccccc1)c1ccccc1. The second kappa shape index (κ2) is 5.53. The van der Waals surface area contributed by atoms with Gasteiger partial charge in [-0.3, -0.25) is 4.79 Å². The summed E-state index contributed by atoms with van der Waals surface area (Å²) in [5.41, 5.74) is 2.74. The van der Waals surface area contributed by atoms with Crippen molar-refractivity contribution in [2.45, 2.75) is 5.92 Å². The first-order chi connectivity index (χ1) is 9.86. The molecule has 0 aliphatic carbocycles. The summed E-state index contributed by atoms with van der Waals surface area (Å²) in [6.45, 7) is 0. The van der Waals surface area contributed by atoms with Crippen LogP contribution in [-0.4, -0.2) is 10.2 Å². The van der Waals surface area contributed by atoms with E-state index in [2.05, 4.69) is 10.2 Å². The maximum atomic E-state index is 12.1. The van der Waals surface area contributed by atoms with Crippen LogP contribution in [0, 0.1) is 0 Å². The molecule has 0 amide bonds. The molecule has 98 valence electrons. The normalized spacial score (nSPS) is 10.7. The highest BCUT2D eigenvalue weighted by Crippen LogP contribution is 2.29. The molecular formula is C17H14N2O. The van der Waals surface area contributed by atoms with Gasteiger partial charge in [-0.05, 0) is 17.2 Å². The zero-order valence-electron chi connectivity index (χ0n) is 10.9. The molecule has 0 atom stereocenters. The van der Waals surface area contributed by atoms with E-state index in [4.69, 9.17) is 0 Å². The van der Waals surface area contributed by atoms with Crippen LogP contribution in [0.5, 0.6) is 0 Å². The summed E-state index contributed by atoms with van der Waals surface area (Å²) >= 11 is 0. The van der Waals surface area contributed by atoms with Crippen molar-refractivity contribution in [2.24, 2.45) is 0 Å². The van der Waals surface area contributed by atoms with E-state index in [0.29, 0.717) is 5.56 Å². The van der Waals surface area contributed by atoms with Crippen molar-refractivity contribution in [1.82, 2.24) is 10.2 Å². The molecule has 0 unspecified atom stereocenters. The van der Waals surface area contributed by atoms with Gasteiger partial charge in [0.1, 0.15) is 0 Å². The van der Waals surface area contributed by atoms with Crippen molar-refractivity contribution in [1.29, 1.82) is 0 Å². The summed E-state index contributed by atoms with van der Waals surface area (Å²) in [4.78, 5) is 12.1. The molecule has 0 aliphatic heterocycles. The lowest BCUT2D eigenvalue weighted by atomic mass is 9.86. The van der Waals surface area contributed by atoms with Gasteiger partial charge in [0.2, 0.25) is 0 Å². The van der Waals surface area contributed by atoms with Crippen LogP contribution in [0.2, 0.25) is 0 Å². The number of aromatic amines is 1. The third-order valence-electron chi connectivity index (χ3n) is 3.33. The van der Waals surface area contributed by atoms with Crippen molar-refractivity contribution >= 4 is 0 Å². The first-order valence-electron chi connectivity index (χ1n) is 6.50. The van der Waals surface area contributed by atoms with Crippen LogP contribution >= 0.6 is 0 Å². The molecule has 1 aromatic heterocycles. The second-order valence-electron chi connectivity index (χ2n) is 4.60. The predicted molar refractivity (Wildman–Crippen MR) is 78.7 cm³/mol. The lowest BCUT2D eigenvalue weighted by Gasteiger charge is -2.17. The highest BCUT2D eigenvalue weighted by molar-refractivity contribution is 5.41. The highest BCUT2D eigenvalue weighted by atomic mass is 16.1. The maximum Gasteiger partial charge on any atom is 0.268 e. The van der Waals surface area contributed by atoms with Crippen molar-refractivity contribution in [3.8, 4) is 0 Å². The van der Waals surface area contributed by atoms with E-state index in [1.54, 1.807) is 12.3 Å². The van der Waals surface area contributed by atoms with Gasteiger partial charge in [0.05, 0.1) is 0 Å². The molecule has 0 bridgehead atoms. The van der Waals surface area contributed by atoms with Crippen LogP contribution in [0.4, 0.5) is 0 Å². The third-order valence-corrected chi connectivity index (χ3v) is 3.33. The fourth-order valence-electron chi connectivity index (χ4n) is 2.42. The van der Waals surface area contributed by atoms with Gasteiger partial charge in [0.25, 0.3) is 5.56 Å². The van der Waals surface area contributed by atoms with Gasteiger partial charge < -0.3 is 0 Å². The van der Waals surface area contributed by atoms with Gasteiger partial charge in [-0.2, -0.15) is 5.10 Å². The first-order valence-corrected chi connectivity index (χ1v) is 6.50. The van der Waals surface area contributed by atoms with E-state index < -0.39 is 0 Å². The summed E-state index contributed by atoms with van der Waals surface area (Å²) < 4.78 is 0. The topological polar surface area (TPSA) is 45.8 Å². The summed E-state index contributed by atoms with van der Waals surface area (Å²) in [5.74, 6) is -0.0795. The van der Waals surface area contributed by atoms with Gasteiger partial charge >= 0.3 is 0 Å². The molecule has 3 rings (SSSR count). The minimum Gasteiger partial charge on any atom is -0.268 e. The average molecular weight is 262 g/mol. The highest BCUT2D eigenvalue weighted by Gasteiger charge is 2.18. The van der Waals surface area contributed by atoms with Crippen molar-refractivity contribution < 1.29 is 0 Å². The molecule has 0 saturated heterocycles. The number of H-pyrrole nitrogens is 1. The van der Waals surface area contributed by atoms with Crippen LogP contribution in [0.25, 0.3) is 0 Å². The van der Waals surface area contributed by atoms with Gasteiger partial charge in [0, 0.05) is 17.7 Å². The molecule has 1 N–H and O–H groups in total. The molecule has 3 nitrogen and oxygen atoms in total. The van der Waals surface area contributed by atoms with E-state index in [1.807, 2.05) is 60.7 Å². The fraction of sp³-hybridized carbons (Fsp3) is 0.0588. The summed E-state index contributed by atoms with van der Waals surface area (Å²) in [5, 5.41) is 6.29. The van der Waals surface area contributed by atoms with E-state index in [9.17, 15) is 4.79 Å². The van der Waals surface area contributed by atoms with Gasteiger partial charge in [0.15, 0.2) is 0 Å². The Morgan fingerprint density at radius 1 is 0.800 bits per heavy atom. The van der Waals surface area contributed by atoms with Crippen molar-refractivity contribution in [3.63, 3.8) is 0 Å². The number of nitrogens with zero attached hydrogens (tertiary/aromatic N) is 1. The van der Waals surface area contributed by atoms with Crippen LogP contribution in [-0.2, 0) is 0 Å². The molecule has 0 fully saturated rings. The molecule has 0 saturated carbocycles. The Labute approximate surface area is 116 Å². The predicted octanol–water partition coefficient (Wildman–Crippen LogP) is 2.95. The lowest BCUT2D eigenvalue weighted by molar-refractivity contribution is 0.890. The molecule has 0 spiro atoms. The molecule has 20 heavy (non-hydrogen) atoms. The quantitative estimate of drug-likeness (QED) is 0.788. The fourth-order valence-corrected chi connectivity index (χ4v) is 2.42. The smallest absolute Gasteiger partial charge is 0.268 e. The summed E-state index contributed by atoms with van der Waals surface area (Å²) in [6.07, 6.45) is 1.62. The minimum atomic E-state index is -0.148. The third kappa shape index (κ3) is 2.38. The second-order valence-corrected chi connectivity index (χ2v) is 4.60. The van der Waals surface area contributed by atoms with Crippen molar-refractivity contribution in [3.05, 3.63) is 100.0 Å². The monoisotopic (exact) mass is 262 g/mol. The van der Waals surface area contributed by atoms with E-state index in [0.717, 1.165) is 11.1 Å². The van der Waals surface area contributed by atoms with Crippen molar-refractivity contribution in [2.75, 3.05) is 0 Å². The van der Waals surface area contributed by atoms with Gasteiger partial charge in [-0.15, -0.1) is 0 Å². The molecule has 2 aromatic carbocycles. The standard InChI is InChI=1S/C17H14N2O/c20-17-15(11-12-18-19-17)16(13-7-3-1-4-8-13)14-9-5-2-6-10-14/h1-12,16H,(H,19,20). The van der Waals surface area contributed by atoms with Crippen LogP contribution in [0.1, 0.15) is 22.6 Å². The average Bonchev–Trinajstić information content (AvgIpc) is 2.52. The van der Waals surface area contributed by atoms with Gasteiger partial charge in [-0.1, -0.05) is 60.7 Å². The summed E-state index contributed by atoms with van der Waals surface area (Å²) in [7, 11) is 0. The Balaban J connectivity index is 2.20. The Morgan fingerprint density at radius 3 is 1.85 bits per heavy atom. The number of aromatic nitrogens is 2.